The molecule has 3 heterocycles. The van der Waals surface area contributed by atoms with Crippen LogP contribution in [0.25, 0.3) is 5.69 Å². The van der Waals surface area contributed by atoms with E-state index in [-0.39, 0.29) is 17.9 Å². The van der Waals surface area contributed by atoms with Crippen LogP contribution in [-0.4, -0.2) is 29.3 Å². The maximum atomic E-state index is 13.6. The van der Waals surface area contributed by atoms with Gasteiger partial charge in [0.2, 0.25) is 10.0 Å². The molecule has 2 aromatic heterocycles. The van der Waals surface area contributed by atoms with E-state index >= 15 is 0 Å². The van der Waals surface area contributed by atoms with E-state index in [0.29, 0.717) is 10.8 Å². The summed E-state index contributed by atoms with van der Waals surface area (Å²) >= 11 is 5.76. The van der Waals surface area contributed by atoms with Gasteiger partial charge in [0.05, 0.1) is 18.0 Å². The minimum Gasteiger partial charge on any atom is -0.351 e. The predicted molar refractivity (Wildman–Crippen MR) is 139 cm³/mol. The lowest BCUT2D eigenvalue weighted by Crippen LogP contribution is -2.30. The van der Waals surface area contributed by atoms with E-state index in [9.17, 15) is 12.8 Å². The summed E-state index contributed by atoms with van der Waals surface area (Å²) in [6, 6.07) is 22.5. The number of hydrogen-bond acceptors (Lipinski definition) is 4. The van der Waals surface area contributed by atoms with Crippen LogP contribution in [0.15, 0.2) is 91.3 Å². The van der Waals surface area contributed by atoms with Crippen molar-refractivity contribution in [3.8, 4) is 5.69 Å². The van der Waals surface area contributed by atoms with Crippen LogP contribution in [0.2, 0.25) is 0 Å². The van der Waals surface area contributed by atoms with Crippen molar-refractivity contribution in [2.24, 2.45) is 0 Å². The third-order valence-corrected chi connectivity index (χ3v) is 6.66. The van der Waals surface area contributed by atoms with Crippen LogP contribution >= 0.6 is 12.2 Å². The Labute approximate surface area is 208 Å². The molecule has 178 valence electrons. The fraction of sp³-hybridized carbons (Fsp3) is 0.120. The lowest BCUT2D eigenvalue weighted by molar-refractivity contribution is 0.549. The van der Waals surface area contributed by atoms with E-state index in [1.54, 1.807) is 30.5 Å². The van der Waals surface area contributed by atoms with Crippen LogP contribution in [0.1, 0.15) is 23.5 Å². The number of nitrogens with zero attached hydrogens (tertiary/aromatic N) is 3. The summed E-state index contributed by atoms with van der Waals surface area (Å²) in [5, 5.41) is 3.92. The van der Waals surface area contributed by atoms with Crippen LogP contribution in [0.4, 0.5) is 15.8 Å². The summed E-state index contributed by atoms with van der Waals surface area (Å²) in [7, 11) is -3.39. The summed E-state index contributed by atoms with van der Waals surface area (Å²) in [5.74, 6) is -0.304. The predicted octanol–water partition coefficient (Wildman–Crippen LogP) is 4.56. The van der Waals surface area contributed by atoms with Gasteiger partial charge in [-0.3, -0.25) is 9.71 Å². The standard InChI is InChI=1S/C25H22FN5O2S2/c1-35(32,33)29-18-9-13-20(14-10-18)31-24(23(28-25(31)34)21-5-2-3-15-27-21)22-6-4-16-30(22)19-11-7-17(26)8-12-19/h2-16,23-24,29H,1H3,(H,28,34)/t23-,24-/m1/s1. The first kappa shape index (κ1) is 23.0. The van der Waals surface area contributed by atoms with Gasteiger partial charge in [0.15, 0.2) is 5.11 Å². The minimum absolute atomic E-state index is 0.258. The molecule has 10 heteroatoms. The Morgan fingerprint density at radius 2 is 1.69 bits per heavy atom. The summed E-state index contributed by atoms with van der Waals surface area (Å²) in [6.45, 7) is 0. The zero-order valence-corrected chi connectivity index (χ0v) is 20.3. The second-order valence-corrected chi connectivity index (χ2v) is 10.3. The monoisotopic (exact) mass is 507 g/mol. The molecule has 4 aromatic rings. The molecule has 2 atom stereocenters. The molecule has 1 fully saturated rings. The summed E-state index contributed by atoms with van der Waals surface area (Å²) in [6.07, 6.45) is 4.78. The zero-order valence-electron chi connectivity index (χ0n) is 18.7. The largest absolute Gasteiger partial charge is 0.351 e. The average Bonchev–Trinajstić information content (AvgIpc) is 3.44. The number of thiocarbonyl (C=S) groups is 1. The first-order valence-electron chi connectivity index (χ1n) is 10.8. The van der Waals surface area contributed by atoms with Crippen molar-refractivity contribution in [1.82, 2.24) is 14.9 Å². The second-order valence-electron chi connectivity index (χ2n) is 8.20. The molecule has 2 N–H and O–H groups in total. The first-order valence-corrected chi connectivity index (χ1v) is 13.1. The van der Waals surface area contributed by atoms with Gasteiger partial charge >= 0.3 is 0 Å². The summed E-state index contributed by atoms with van der Waals surface area (Å²) in [4.78, 5) is 6.56. The lowest BCUT2D eigenvalue weighted by Gasteiger charge is -2.29. The highest BCUT2D eigenvalue weighted by atomic mass is 32.2. The average molecular weight is 508 g/mol. The van der Waals surface area contributed by atoms with Gasteiger partial charge in [-0.25, -0.2) is 12.8 Å². The van der Waals surface area contributed by atoms with Gasteiger partial charge in [-0.1, -0.05) is 6.07 Å². The molecular weight excluding hydrogens is 485 g/mol. The Morgan fingerprint density at radius 3 is 2.34 bits per heavy atom. The van der Waals surface area contributed by atoms with E-state index < -0.39 is 10.0 Å². The van der Waals surface area contributed by atoms with Crippen molar-refractivity contribution in [1.29, 1.82) is 0 Å². The highest BCUT2D eigenvalue weighted by Crippen LogP contribution is 2.42. The van der Waals surface area contributed by atoms with Crippen molar-refractivity contribution in [2.75, 3.05) is 15.9 Å². The van der Waals surface area contributed by atoms with Gasteiger partial charge in [0, 0.05) is 35.1 Å². The van der Waals surface area contributed by atoms with E-state index in [1.807, 2.05) is 58.1 Å². The third kappa shape index (κ3) is 4.75. The van der Waals surface area contributed by atoms with Crippen LogP contribution < -0.4 is 14.9 Å². The fourth-order valence-corrected chi connectivity index (χ4v) is 5.22. The molecule has 2 aromatic carbocycles. The maximum Gasteiger partial charge on any atom is 0.229 e. The number of halogens is 1. The number of sulfonamides is 1. The van der Waals surface area contributed by atoms with Gasteiger partial charge < -0.3 is 14.8 Å². The number of hydrogen-bond donors (Lipinski definition) is 2. The molecule has 0 amide bonds. The molecule has 0 saturated carbocycles. The van der Waals surface area contributed by atoms with Crippen molar-refractivity contribution in [3.05, 3.63) is 108 Å². The molecule has 0 bridgehead atoms. The van der Waals surface area contributed by atoms with Gasteiger partial charge in [-0.05, 0) is 85.0 Å². The van der Waals surface area contributed by atoms with Crippen molar-refractivity contribution < 1.29 is 12.8 Å². The molecule has 0 radical (unpaired) electrons. The second kappa shape index (κ2) is 9.12. The normalized spacial score (nSPS) is 17.9. The molecule has 5 rings (SSSR count). The molecule has 0 spiro atoms. The van der Waals surface area contributed by atoms with Crippen LogP contribution in [0.3, 0.4) is 0 Å². The van der Waals surface area contributed by atoms with E-state index in [4.69, 9.17) is 12.2 Å². The maximum absolute atomic E-state index is 13.6. The number of nitrogens with one attached hydrogen (secondary N) is 2. The first-order chi connectivity index (χ1) is 16.8. The smallest absolute Gasteiger partial charge is 0.229 e. The minimum atomic E-state index is -3.39. The zero-order chi connectivity index (χ0) is 24.6. The quantitative estimate of drug-likeness (QED) is 0.373. The van der Waals surface area contributed by atoms with Crippen molar-refractivity contribution >= 4 is 38.7 Å². The number of benzene rings is 2. The highest BCUT2D eigenvalue weighted by Gasteiger charge is 2.42. The third-order valence-electron chi connectivity index (χ3n) is 5.73. The van der Waals surface area contributed by atoms with Crippen LogP contribution in [0, 0.1) is 5.82 Å². The Hall–Kier alpha value is -3.76. The lowest BCUT2D eigenvalue weighted by atomic mass is 10.0. The van der Waals surface area contributed by atoms with Gasteiger partial charge in [-0.2, -0.15) is 0 Å². The SMILES string of the molecule is CS(=O)(=O)Nc1ccc(N2C(=S)N[C@H](c3ccccn3)[C@H]2c2cccn2-c2ccc(F)cc2)cc1. The number of aromatic nitrogens is 2. The highest BCUT2D eigenvalue weighted by molar-refractivity contribution is 7.92. The Morgan fingerprint density at radius 1 is 0.971 bits per heavy atom. The van der Waals surface area contributed by atoms with Gasteiger partial charge in [0.1, 0.15) is 11.9 Å². The van der Waals surface area contributed by atoms with Gasteiger partial charge in [-0.15, -0.1) is 0 Å². The molecule has 0 unspecified atom stereocenters. The number of pyridine rings is 1. The molecule has 35 heavy (non-hydrogen) atoms. The van der Waals surface area contributed by atoms with E-state index in [0.717, 1.165) is 29.0 Å². The van der Waals surface area contributed by atoms with Gasteiger partial charge in [0.25, 0.3) is 0 Å². The van der Waals surface area contributed by atoms with Crippen molar-refractivity contribution in [3.63, 3.8) is 0 Å². The molecule has 1 aliphatic heterocycles. The molecule has 7 nitrogen and oxygen atoms in total. The van der Waals surface area contributed by atoms with Crippen molar-refractivity contribution in [2.45, 2.75) is 12.1 Å². The molecular formula is C25H22FN5O2S2. The number of anilines is 2. The van der Waals surface area contributed by atoms with Crippen LogP contribution in [-0.2, 0) is 10.0 Å². The Balaban J connectivity index is 1.60. The Kier molecular flexibility index (Phi) is 6.00. The summed E-state index contributed by atoms with van der Waals surface area (Å²) < 4.78 is 41.3. The molecule has 0 aliphatic carbocycles. The van der Waals surface area contributed by atoms with E-state index in [2.05, 4.69) is 15.0 Å². The molecule has 1 saturated heterocycles. The number of rotatable bonds is 6. The Bertz CT molecular complexity index is 1460. The topological polar surface area (TPSA) is 79.3 Å². The molecule has 1 aliphatic rings. The fourth-order valence-electron chi connectivity index (χ4n) is 4.31. The summed E-state index contributed by atoms with van der Waals surface area (Å²) in [5.41, 5.74) is 3.82. The van der Waals surface area contributed by atoms with Crippen LogP contribution in [0.5, 0.6) is 0 Å². The van der Waals surface area contributed by atoms with E-state index in [1.165, 1.54) is 12.1 Å².